The summed E-state index contributed by atoms with van der Waals surface area (Å²) in [6, 6.07) is 1.63. The molecular formula is C18H30N4O3. The zero-order chi connectivity index (χ0) is 18.2. The average molecular weight is 350 g/mol. The number of hydrogen-bond donors (Lipinski definition) is 0. The van der Waals surface area contributed by atoms with E-state index in [0.29, 0.717) is 25.5 Å². The minimum Gasteiger partial charge on any atom is -0.383 e. The predicted octanol–water partition coefficient (Wildman–Crippen LogP) is 1.36. The van der Waals surface area contributed by atoms with Gasteiger partial charge in [0.2, 0.25) is 5.91 Å². The molecule has 0 radical (unpaired) electrons. The van der Waals surface area contributed by atoms with E-state index in [9.17, 15) is 9.59 Å². The fourth-order valence-corrected chi connectivity index (χ4v) is 3.27. The first kappa shape index (κ1) is 19.4. The van der Waals surface area contributed by atoms with E-state index < -0.39 is 0 Å². The largest absolute Gasteiger partial charge is 0.383 e. The van der Waals surface area contributed by atoms with E-state index in [1.54, 1.807) is 19.4 Å². The van der Waals surface area contributed by atoms with Crippen LogP contribution in [0.4, 0.5) is 5.69 Å². The first-order chi connectivity index (χ1) is 12.0. The van der Waals surface area contributed by atoms with Crippen LogP contribution in [0.1, 0.15) is 32.6 Å². The van der Waals surface area contributed by atoms with Crippen LogP contribution in [0.2, 0.25) is 0 Å². The zero-order valence-electron chi connectivity index (χ0n) is 15.6. The van der Waals surface area contributed by atoms with Crippen LogP contribution in [0.25, 0.3) is 0 Å². The van der Waals surface area contributed by atoms with Gasteiger partial charge in [-0.05, 0) is 25.2 Å². The van der Waals surface area contributed by atoms with E-state index in [-0.39, 0.29) is 11.5 Å². The monoisotopic (exact) mass is 350 g/mol. The molecule has 0 saturated carbocycles. The van der Waals surface area contributed by atoms with E-state index in [1.807, 2.05) is 11.9 Å². The number of carbonyl (C=O) groups excluding carboxylic acids is 1. The summed E-state index contributed by atoms with van der Waals surface area (Å²) in [5.74, 6) is 0.540. The highest BCUT2D eigenvalue weighted by Gasteiger charge is 2.24. The molecule has 7 heteroatoms. The molecule has 1 atom stereocenters. The molecule has 1 saturated heterocycles. The van der Waals surface area contributed by atoms with Gasteiger partial charge in [0, 0.05) is 46.3 Å². The maximum atomic E-state index is 12.3. The summed E-state index contributed by atoms with van der Waals surface area (Å²) in [6.45, 7) is 5.50. The van der Waals surface area contributed by atoms with E-state index in [4.69, 9.17) is 4.74 Å². The number of amides is 1. The van der Waals surface area contributed by atoms with Crippen molar-refractivity contribution in [2.24, 2.45) is 5.92 Å². The minimum atomic E-state index is -0.115. The normalized spacial score (nSPS) is 17.6. The van der Waals surface area contributed by atoms with Gasteiger partial charge in [0.05, 0.1) is 25.0 Å². The first-order valence-electron chi connectivity index (χ1n) is 9.10. The number of aromatic nitrogens is 2. The quantitative estimate of drug-likeness (QED) is 0.708. The van der Waals surface area contributed by atoms with Gasteiger partial charge in [-0.15, -0.1) is 0 Å². The third kappa shape index (κ3) is 5.56. The summed E-state index contributed by atoms with van der Waals surface area (Å²) < 4.78 is 6.40. The second kappa shape index (κ2) is 9.56. The summed E-state index contributed by atoms with van der Waals surface area (Å²) in [6.07, 6.45) is 5.38. The smallest absolute Gasteiger partial charge is 0.268 e. The van der Waals surface area contributed by atoms with E-state index in [0.717, 1.165) is 44.6 Å². The van der Waals surface area contributed by atoms with Gasteiger partial charge in [-0.3, -0.25) is 9.59 Å². The Labute approximate surface area is 149 Å². The molecule has 25 heavy (non-hydrogen) atoms. The van der Waals surface area contributed by atoms with Crippen LogP contribution < -0.4 is 10.5 Å². The van der Waals surface area contributed by atoms with Crippen molar-refractivity contribution >= 4 is 11.6 Å². The van der Waals surface area contributed by atoms with E-state index >= 15 is 0 Å². The number of ether oxygens (including phenoxy) is 1. The van der Waals surface area contributed by atoms with E-state index in [1.165, 1.54) is 4.68 Å². The molecule has 1 fully saturated rings. The molecule has 140 valence electrons. The van der Waals surface area contributed by atoms with Crippen LogP contribution in [0.3, 0.4) is 0 Å². The molecule has 1 aromatic heterocycles. The Hall–Kier alpha value is -1.89. The molecular weight excluding hydrogens is 320 g/mol. The predicted molar refractivity (Wildman–Crippen MR) is 97.9 cm³/mol. The lowest BCUT2D eigenvalue weighted by molar-refractivity contribution is -0.131. The SMILES string of the molecule is CCCN(C)C(=O)CC1CCCN(c2cnn(CCOC)c(=O)c2)C1. The molecule has 0 aromatic carbocycles. The number of nitrogens with zero attached hydrogens (tertiary/aromatic N) is 4. The van der Waals surface area contributed by atoms with Crippen molar-refractivity contribution in [1.29, 1.82) is 0 Å². The average Bonchev–Trinajstić information content (AvgIpc) is 2.61. The molecule has 1 unspecified atom stereocenters. The van der Waals surface area contributed by atoms with Crippen molar-refractivity contribution in [3.05, 3.63) is 22.6 Å². The topological polar surface area (TPSA) is 67.7 Å². The summed E-state index contributed by atoms with van der Waals surface area (Å²) >= 11 is 0. The fourth-order valence-electron chi connectivity index (χ4n) is 3.27. The van der Waals surface area contributed by atoms with Gasteiger partial charge in [-0.2, -0.15) is 5.10 Å². The number of carbonyl (C=O) groups is 1. The van der Waals surface area contributed by atoms with Crippen molar-refractivity contribution in [3.8, 4) is 0 Å². The highest BCUT2D eigenvalue weighted by molar-refractivity contribution is 5.76. The molecule has 2 rings (SSSR count). The van der Waals surface area contributed by atoms with Crippen molar-refractivity contribution in [1.82, 2.24) is 14.7 Å². The van der Waals surface area contributed by atoms with Gasteiger partial charge in [0.25, 0.3) is 5.56 Å². The van der Waals surface area contributed by atoms with Gasteiger partial charge in [-0.1, -0.05) is 6.92 Å². The zero-order valence-corrected chi connectivity index (χ0v) is 15.6. The molecule has 0 spiro atoms. The molecule has 1 amide bonds. The van der Waals surface area contributed by atoms with Crippen LogP contribution in [-0.4, -0.2) is 61.0 Å². The van der Waals surface area contributed by atoms with Crippen LogP contribution in [0.5, 0.6) is 0 Å². The van der Waals surface area contributed by atoms with Gasteiger partial charge in [0.1, 0.15) is 0 Å². The standard InChI is InChI=1S/C18H30N4O3/c1-4-7-20(2)17(23)11-15-6-5-8-21(14-15)16-12-18(24)22(19-13-16)9-10-25-3/h12-13,15H,4-11,14H2,1-3H3. The second-order valence-electron chi connectivity index (χ2n) is 6.74. The van der Waals surface area contributed by atoms with Gasteiger partial charge in [0.15, 0.2) is 0 Å². The number of rotatable bonds is 8. The number of hydrogen-bond acceptors (Lipinski definition) is 5. The van der Waals surface area contributed by atoms with Crippen LogP contribution >= 0.6 is 0 Å². The van der Waals surface area contributed by atoms with E-state index in [2.05, 4.69) is 16.9 Å². The Morgan fingerprint density at radius 1 is 1.48 bits per heavy atom. The van der Waals surface area contributed by atoms with Gasteiger partial charge < -0.3 is 14.5 Å². The second-order valence-corrected chi connectivity index (χ2v) is 6.74. The molecule has 1 aliphatic rings. The molecule has 0 N–H and O–H groups in total. The Morgan fingerprint density at radius 2 is 2.28 bits per heavy atom. The number of anilines is 1. The van der Waals surface area contributed by atoms with Crippen LogP contribution in [0.15, 0.2) is 17.1 Å². The minimum absolute atomic E-state index is 0.115. The lowest BCUT2D eigenvalue weighted by atomic mass is 9.94. The number of methoxy groups -OCH3 is 1. The third-order valence-corrected chi connectivity index (χ3v) is 4.69. The summed E-state index contributed by atoms with van der Waals surface area (Å²) in [5, 5.41) is 4.24. The lowest BCUT2D eigenvalue weighted by Gasteiger charge is -2.34. The number of piperidine rings is 1. The summed E-state index contributed by atoms with van der Waals surface area (Å²) in [4.78, 5) is 28.4. The van der Waals surface area contributed by atoms with Gasteiger partial charge in [-0.25, -0.2) is 4.68 Å². The van der Waals surface area contributed by atoms with Crippen LogP contribution in [-0.2, 0) is 16.1 Å². The van der Waals surface area contributed by atoms with Crippen molar-refractivity contribution in [2.45, 2.75) is 39.2 Å². The molecule has 1 aromatic rings. The molecule has 7 nitrogen and oxygen atoms in total. The molecule has 1 aliphatic heterocycles. The third-order valence-electron chi connectivity index (χ3n) is 4.69. The Bertz CT molecular complexity index is 617. The Balaban J connectivity index is 1.97. The highest BCUT2D eigenvalue weighted by atomic mass is 16.5. The van der Waals surface area contributed by atoms with Gasteiger partial charge >= 0.3 is 0 Å². The Morgan fingerprint density at radius 3 is 2.96 bits per heavy atom. The molecule has 0 bridgehead atoms. The molecule has 0 aliphatic carbocycles. The maximum Gasteiger partial charge on any atom is 0.268 e. The van der Waals surface area contributed by atoms with Crippen molar-refractivity contribution in [3.63, 3.8) is 0 Å². The summed E-state index contributed by atoms with van der Waals surface area (Å²) in [5.41, 5.74) is 0.730. The van der Waals surface area contributed by atoms with Crippen molar-refractivity contribution in [2.75, 3.05) is 45.3 Å². The first-order valence-corrected chi connectivity index (χ1v) is 9.10. The van der Waals surface area contributed by atoms with Crippen molar-refractivity contribution < 1.29 is 9.53 Å². The Kier molecular flexibility index (Phi) is 7.43. The van der Waals surface area contributed by atoms with Crippen LogP contribution in [0, 0.1) is 5.92 Å². The molecule has 2 heterocycles. The highest BCUT2D eigenvalue weighted by Crippen LogP contribution is 2.24. The lowest BCUT2D eigenvalue weighted by Crippen LogP contribution is -2.39. The summed E-state index contributed by atoms with van der Waals surface area (Å²) in [7, 11) is 3.47. The maximum absolute atomic E-state index is 12.3. The fraction of sp³-hybridized carbons (Fsp3) is 0.722.